The van der Waals surface area contributed by atoms with Crippen molar-refractivity contribution in [3.63, 3.8) is 0 Å². The molecule has 0 unspecified atom stereocenters. The number of aromatic nitrogens is 1. The molecule has 0 fully saturated rings. The van der Waals surface area contributed by atoms with Gasteiger partial charge in [0.15, 0.2) is 0 Å². The standard InChI is InChI=1S/C17H13NO4/c1-21-12-8-6-11(7-9-12)15(19)10-16-18-14-5-3-2-4-13(14)17(20)22-16/h2-10,19H,1H3/b15-10-. The van der Waals surface area contributed by atoms with Gasteiger partial charge in [-0.1, -0.05) is 12.1 Å². The lowest BCUT2D eigenvalue weighted by Crippen LogP contribution is -2.02. The third-order valence-corrected chi connectivity index (χ3v) is 3.20. The maximum atomic E-state index is 11.9. The van der Waals surface area contributed by atoms with Gasteiger partial charge in [-0.3, -0.25) is 0 Å². The van der Waals surface area contributed by atoms with E-state index >= 15 is 0 Å². The summed E-state index contributed by atoms with van der Waals surface area (Å²) in [6, 6.07) is 13.7. The summed E-state index contributed by atoms with van der Waals surface area (Å²) in [5.41, 5.74) is 0.602. The summed E-state index contributed by atoms with van der Waals surface area (Å²) in [4.78, 5) is 16.1. The molecule has 5 heteroatoms. The van der Waals surface area contributed by atoms with Crippen molar-refractivity contribution in [2.24, 2.45) is 0 Å². The molecular formula is C17H13NO4. The number of benzene rings is 2. The van der Waals surface area contributed by atoms with Crippen LogP contribution in [-0.2, 0) is 0 Å². The van der Waals surface area contributed by atoms with Gasteiger partial charge < -0.3 is 14.3 Å². The van der Waals surface area contributed by atoms with Crippen LogP contribution in [0, 0.1) is 0 Å². The average molecular weight is 295 g/mol. The maximum Gasteiger partial charge on any atom is 0.347 e. The fourth-order valence-corrected chi connectivity index (χ4v) is 2.06. The zero-order chi connectivity index (χ0) is 15.5. The second-order valence-electron chi connectivity index (χ2n) is 4.61. The summed E-state index contributed by atoms with van der Waals surface area (Å²) in [7, 11) is 1.57. The van der Waals surface area contributed by atoms with Gasteiger partial charge in [0.2, 0.25) is 5.89 Å². The quantitative estimate of drug-likeness (QED) is 0.751. The zero-order valence-corrected chi connectivity index (χ0v) is 11.8. The Morgan fingerprint density at radius 1 is 1.18 bits per heavy atom. The van der Waals surface area contributed by atoms with Gasteiger partial charge in [-0.15, -0.1) is 0 Å². The van der Waals surface area contributed by atoms with Crippen LogP contribution in [0.25, 0.3) is 22.7 Å². The molecule has 0 spiro atoms. The minimum Gasteiger partial charge on any atom is -0.507 e. The van der Waals surface area contributed by atoms with Crippen LogP contribution in [0.1, 0.15) is 11.5 Å². The van der Waals surface area contributed by atoms with Crippen molar-refractivity contribution < 1.29 is 14.3 Å². The topological polar surface area (TPSA) is 72.6 Å². The summed E-state index contributed by atoms with van der Waals surface area (Å²) in [5.74, 6) is 0.692. The zero-order valence-electron chi connectivity index (χ0n) is 11.8. The molecule has 1 heterocycles. The van der Waals surface area contributed by atoms with Gasteiger partial charge >= 0.3 is 5.63 Å². The Kier molecular flexibility index (Phi) is 3.62. The van der Waals surface area contributed by atoms with E-state index in [-0.39, 0.29) is 11.6 Å². The molecule has 0 bridgehead atoms. The first-order valence-electron chi connectivity index (χ1n) is 6.62. The van der Waals surface area contributed by atoms with Gasteiger partial charge in [0.1, 0.15) is 11.5 Å². The van der Waals surface area contributed by atoms with E-state index in [2.05, 4.69) is 4.98 Å². The van der Waals surface area contributed by atoms with Gasteiger partial charge in [0.25, 0.3) is 0 Å². The van der Waals surface area contributed by atoms with Crippen LogP contribution >= 0.6 is 0 Å². The molecule has 0 aliphatic carbocycles. The fraction of sp³-hybridized carbons (Fsp3) is 0.0588. The van der Waals surface area contributed by atoms with Crippen LogP contribution in [0.3, 0.4) is 0 Å². The van der Waals surface area contributed by atoms with Crippen LogP contribution in [-0.4, -0.2) is 17.2 Å². The normalized spacial score (nSPS) is 11.6. The molecule has 1 N–H and O–H groups in total. The third kappa shape index (κ3) is 2.69. The first-order valence-corrected chi connectivity index (χ1v) is 6.62. The number of hydrogen-bond acceptors (Lipinski definition) is 5. The van der Waals surface area contributed by atoms with Crippen LogP contribution in [0.4, 0.5) is 0 Å². The number of rotatable bonds is 3. The van der Waals surface area contributed by atoms with Crippen molar-refractivity contribution in [3.05, 3.63) is 70.4 Å². The van der Waals surface area contributed by atoms with Crippen molar-refractivity contribution in [3.8, 4) is 5.75 Å². The van der Waals surface area contributed by atoms with E-state index in [1.165, 1.54) is 6.08 Å². The molecule has 0 radical (unpaired) electrons. The minimum absolute atomic E-state index is 0.0476. The van der Waals surface area contributed by atoms with E-state index in [0.29, 0.717) is 22.2 Å². The SMILES string of the molecule is COc1ccc(/C(O)=C/c2nc3ccccc3c(=O)o2)cc1. The molecule has 0 amide bonds. The van der Waals surface area contributed by atoms with Crippen molar-refractivity contribution in [2.75, 3.05) is 7.11 Å². The van der Waals surface area contributed by atoms with Gasteiger partial charge in [-0.25, -0.2) is 9.78 Å². The highest BCUT2D eigenvalue weighted by molar-refractivity contribution is 5.79. The van der Waals surface area contributed by atoms with Crippen LogP contribution in [0.5, 0.6) is 5.75 Å². The van der Waals surface area contributed by atoms with E-state index in [1.54, 1.807) is 55.6 Å². The van der Waals surface area contributed by atoms with Crippen molar-refractivity contribution in [1.29, 1.82) is 0 Å². The van der Waals surface area contributed by atoms with Gasteiger partial charge in [0.05, 0.1) is 18.0 Å². The molecule has 2 aromatic carbocycles. The van der Waals surface area contributed by atoms with Gasteiger partial charge in [-0.2, -0.15) is 0 Å². The van der Waals surface area contributed by atoms with E-state index in [4.69, 9.17) is 9.15 Å². The van der Waals surface area contributed by atoms with E-state index < -0.39 is 5.63 Å². The highest BCUT2D eigenvalue weighted by atomic mass is 16.5. The summed E-state index contributed by atoms with van der Waals surface area (Å²) in [6.07, 6.45) is 1.32. The van der Waals surface area contributed by atoms with E-state index in [9.17, 15) is 9.90 Å². The Labute approximate surface area is 126 Å². The highest BCUT2D eigenvalue weighted by Crippen LogP contribution is 2.19. The largest absolute Gasteiger partial charge is 0.507 e. The lowest BCUT2D eigenvalue weighted by atomic mass is 10.1. The number of para-hydroxylation sites is 1. The smallest absolute Gasteiger partial charge is 0.347 e. The fourth-order valence-electron chi connectivity index (χ4n) is 2.06. The van der Waals surface area contributed by atoms with Crippen molar-refractivity contribution in [1.82, 2.24) is 4.98 Å². The van der Waals surface area contributed by atoms with Crippen molar-refractivity contribution >= 4 is 22.7 Å². The number of nitrogens with zero attached hydrogens (tertiary/aromatic N) is 1. The van der Waals surface area contributed by atoms with Crippen LogP contribution < -0.4 is 10.4 Å². The summed E-state index contributed by atoms with van der Waals surface area (Å²) in [5, 5.41) is 10.5. The first-order chi connectivity index (χ1) is 10.7. The lowest BCUT2D eigenvalue weighted by Gasteiger charge is -2.03. The maximum absolute atomic E-state index is 11.9. The highest BCUT2D eigenvalue weighted by Gasteiger charge is 2.06. The second-order valence-corrected chi connectivity index (χ2v) is 4.61. The number of hydrogen-bond donors (Lipinski definition) is 1. The number of fused-ring (bicyclic) bond motifs is 1. The Bertz CT molecular complexity index is 894. The second kappa shape index (κ2) is 5.73. The van der Waals surface area contributed by atoms with Crippen molar-refractivity contribution in [2.45, 2.75) is 0 Å². The first kappa shape index (κ1) is 13.9. The van der Waals surface area contributed by atoms with Gasteiger partial charge in [-0.05, 0) is 36.4 Å². The molecule has 0 aliphatic heterocycles. The molecule has 0 aliphatic rings. The predicted octanol–water partition coefficient (Wildman–Crippen LogP) is 3.25. The van der Waals surface area contributed by atoms with Crippen LogP contribution in [0.2, 0.25) is 0 Å². The Morgan fingerprint density at radius 2 is 1.91 bits per heavy atom. The summed E-state index contributed by atoms with van der Waals surface area (Å²) in [6.45, 7) is 0. The molecule has 22 heavy (non-hydrogen) atoms. The van der Waals surface area contributed by atoms with Gasteiger partial charge in [0, 0.05) is 11.6 Å². The monoisotopic (exact) mass is 295 g/mol. The summed E-state index contributed by atoms with van der Waals surface area (Å²) >= 11 is 0. The number of aliphatic hydroxyl groups is 1. The Hall–Kier alpha value is -3.08. The molecule has 5 nitrogen and oxygen atoms in total. The Morgan fingerprint density at radius 3 is 2.64 bits per heavy atom. The summed E-state index contributed by atoms with van der Waals surface area (Å²) < 4.78 is 10.2. The molecule has 3 aromatic rings. The number of methoxy groups -OCH3 is 1. The molecule has 1 aromatic heterocycles. The molecule has 0 saturated carbocycles. The molecule has 0 atom stereocenters. The van der Waals surface area contributed by atoms with E-state index in [1.807, 2.05) is 0 Å². The van der Waals surface area contributed by atoms with Crippen LogP contribution in [0.15, 0.2) is 57.7 Å². The third-order valence-electron chi connectivity index (χ3n) is 3.20. The lowest BCUT2D eigenvalue weighted by molar-refractivity contribution is 0.414. The number of aliphatic hydroxyl groups excluding tert-OH is 1. The molecule has 0 saturated heterocycles. The molecule has 110 valence electrons. The van der Waals surface area contributed by atoms with E-state index in [0.717, 1.165) is 0 Å². The number of ether oxygens (including phenoxy) is 1. The minimum atomic E-state index is -0.487. The molecule has 3 rings (SSSR count). The molecular weight excluding hydrogens is 282 g/mol. The Balaban J connectivity index is 2.01. The predicted molar refractivity (Wildman–Crippen MR) is 83.8 cm³/mol. The average Bonchev–Trinajstić information content (AvgIpc) is 2.55.